The van der Waals surface area contributed by atoms with Crippen LogP contribution in [-0.4, -0.2) is 66.0 Å². The number of hydrogen-bond donors (Lipinski definition) is 2. The molecule has 1 aliphatic rings. The molecular formula is C27H33N7O2. The average Bonchev–Trinajstić information content (AvgIpc) is 2.87. The quantitative estimate of drug-likeness (QED) is 0.434. The van der Waals surface area contributed by atoms with E-state index >= 15 is 0 Å². The molecule has 0 saturated carbocycles. The number of likely N-dealkylation sites (N-methyl/N-ethyl adjacent to an activating group) is 1. The number of pyridine rings is 1. The van der Waals surface area contributed by atoms with Crippen LogP contribution in [0.3, 0.4) is 0 Å². The van der Waals surface area contributed by atoms with Gasteiger partial charge in [-0.25, -0.2) is 4.98 Å². The monoisotopic (exact) mass is 487 g/mol. The molecule has 0 radical (unpaired) electrons. The first-order valence-corrected chi connectivity index (χ1v) is 12.0. The molecule has 0 spiro atoms. The van der Waals surface area contributed by atoms with E-state index in [9.17, 15) is 4.79 Å². The van der Waals surface area contributed by atoms with Gasteiger partial charge in [0.05, 0.1) is 7.11 Å². The van der Waals surface area contributed by atoms with E-state index in [0.29, 0.717) is 17.6 Å². The minimum Gasteiger partial charge on any atom is -0.481 e. The SMILES string of the molecule is C=CC(=O)Cc1cc(C)ccc1Nc1nc(Nc2cc(OC)nc(N3CCN(C)CC3)c2)ncc1C. The van der Waals surface area contributed by atoms with Crippen LogP contribution in [-0.2, 0) is 11.2 Å². The first-order valence-electron chi connectivity index (χ1n) is 12.0. The van der Waals surface area contributed by atoms with Gasteiger partial charge in [-0.15, -0.1) is 0 Å². The Balaban J connectivity index is 1.58. The fourth-order valence-electron chi connectivity index (χ4n) is 4.00. The van der Waals surface area contributed by atoms with Crippen LogP contribution in [0.25, 0.3) is 0 Å². The molecule has 36 heavy (non-hydrogen) atoms. The summed E-state index contributed by atoms with van der Waals surface area (Å²) in [6.07, 6.45) is 3.39. The van der Waals surface area contributed by atoms with Gasteiger partial charge in [0.25, 0.3) is 0 Å². The van der Waals surface area contributed by atoms with Crippen LogP contribution >= 0.6 is 0 Å². The number of allylic oxidation sites excluding steroid dienone is 1. The van der Waals surface area contributed by atoms with E-state index in [1.165, 1.54) is 6.08 Å². The van der Waals surface area contributed by atoms with Crippen molar-refractivity contribution >= 4 is 34.7 Å². The van der Waals surface area contributed by atoms with Gasteiger partial charge in [-0.1, -0.05) is 24.3 Å². The number of aromatic nitrogens is 3. The number of aryl methyl sites for hydroxylation is 2. The number of nitrogens with zero attached hydrogens (tertiary/aromatic N) is 5. The Bertz CT molecular complexity index is 1250. The van der Waals surface area contributed by atoms with Crippen LogP contribution in [0.5, 0.6) is 5.88 Å². The molecule has 0 bridgehead atoms. The number of piperazine rings is 1. The normalized spacial score (nSPS) is 13.8. The van der Waals surface area contributed by atoms with Crippen molar-refractivity contribution in [3.05, 3.63) is 65.9 Å². The molecule has 1 aliphatic heterocycles. The maximum atomic E-state index is 12.0. The van der Waals surface area contributed by atoms with E-state index in [1.54, 1.807) is 13.3 Å². The van der Waals surface area contributed by atoms with Crippen LogP contribution in [0.1, 0.15) is 16.7 Å². The van der Waals surface area contributed by atoms with Gasteiger partial charge < -0.3 is 25.2 Å². The Kier molecular flexibility index (Phi) is 7.80. The molecule has 4 rings (SSSR count). The molecule has 9 heteroatoms. The van der Waals surface area contributed by atoms with Crippen LogP contribution in [0.4, 0.5) is 29.0 Å². The lowest BCUT2D eigenvalue weighted by Crippen LogP contribution is -2.44. The fourth-order valence-corrected chi connectivity index (χ4v) is 4.00. The molecule has 1 fully saturated rings. The number of carbonyl (C=O) groups excluding carboxylic acids is 1. The number of ether oxygens (including phenoxy) is 1. The lowest BCUT2D eigenvalue weighted by molar-refractivity contribution is -0.114. The van der Waals surface area contributed by atoms with Crippen molar-refractivity contribution in [2.45, 2.75) is 20.3 Å². The fraction of sp³-hybridized carbons (Fsp3) is 0.333. The number of nitrogens with one attached hydrogen (secondary N) is 2. The predicted molar refractivity (Wildman–Crippen MR) is 144 cm³/mol. The Hall–Kier alpha value is -3.98. The molecule has 0 aliphatic carbocycles. The van der Waals surface area contributed by atoms with Crippen molar-refractivity contribution in [2.24, 2.45) is 0 Å². The zero-order valence-electron chi connectivity index (χ0n) is 21.3. The summed E-state index contributed by atoms with van der Waals surface area (Å²) < 4.78 is 5.45. The number of methoxy groups -OCH3 is 1. The maximum absolute atomic E-state index is 12.0. The summed E-state index contributed by atoms with van der Waals surface area (Å²) in [7, 11) is 3.74. The Labute approximate surface area is 212 Å². The molecule has 3 heterocycles. The molecule has 2 aromatic heterocycles. The smallest absolute Gasteiger partial charge is 0.229 e. The van der Waals surface area contributed by atoms with E-state index in [0.717, 1.165) is 60.1 Å². The van der Waals surface area contributed by atoms with Gasteiger partial charge in [0.1, 0.15) is 11.6 Å². The van der Waals surface area contributed by atoms with Gasteiger partial charge in [-0.05, 0) is 38.6 Å². The molecule has 0 atom stereocenters. The summed E-state index contributed by atoms with van der Waals surface area (Å²) in [5.41, 5.74) is 4.47. The summed E-state index contributed by atoms with van der Waals surface area (Å²) in [5.74, 6) is 2.44. The topological polar surface area (TPSA) is 95.5 Å². The average molecular weight is 488 g/mol. The van der Waals surface area contributed by atoms with Crippen LogP contribution in [0.2, 0.25) is 0 Å². The van der Waals surface area contributed by atoms with E-state index < -0.39 is 0 Å². The summed E-state index contributed by atoms with van der Waals surface area (Å²) in [5, 5.41) is 6.68. The van der Waals surface area contributed by atoms with Gasteiger partial charge in [0, 0.05) is 67.9 Å². The van der Waals surface area contributed by atoms with Crippen molar-refractivity contribution in [3.63, 3.8) is 0 Å². The summed E-state index contributed by atoms with van der Waals surface area (Å²) in [4.78, 5) is 30.4. The third-order valence-corrected chi connectivity index (χ3v) is 6.16. The van der Waals surface area contributed by atoms with Gasteiger partial charge in [-0.2, -0.15) is 9.97 Å². The minimum absolute atomic E-state index is 0.0341. The van der Waals surface area contributed by atoms with Gasteiger partial charge >= 0.3 is 0 Å². The number of rotatable bonds is 9. The first-order chi connectivity index (χ1) is 17.3. The number of ketones is 1. The second-order valence-corrected chi connectivity index (χ2v) is 9.03. The zero-order valence-corrected chi connectivity index (χ0v) is 21.3. The summed E-state index contributed by atoms with van der Waals surface area (Å²) in [6.45, 7) is 11.3. The van der Waals surface area contributed by atoms with E-state index in [2.05, 4.69) is 44.0 Å². The molecule has 2 N–H and O–H groups in total. The maximum Gasteiger partial charge on any atom is 0.229 e. The molecule has 0 unspecified atom stereocenters. The second kappa shape index (κ2) is 11.2. The van der Waals surface area contributed by atoms with Gasteiger partial charge in [0.15, 0.2) is 5.78 Å². The molecule has 0 amide bonds. The molecule has 1 saturated heterocycles. The molecule has 188 valence electrons. The van der Waals surface area contributed by atoms with Crippen LogP contribution in [0, 0.1) is 13.8 Å². The Morgan fingerprint density at radius 1 is 1.11 bits per heavy atom. The summed E-state index contributed by atoms with van der Waals surface area (Å²) >= 11 is 0. The van der Waals surface area contributed by atoms with E-state index in [4.69, 9.17) is 9.72 Å². The molecule has 9 nitrogen and oxygen atoms in total. The molecule has 3 aromatic rings. The van der Waals surface area contributed by atoms with E-state index in [1.807, 2.05) is 44.2 Å². The largest absolute Gasteiger partial charge is 0.481 e. The first kappa shape index (κ1) is 25.1. The minimum atomic E-state index is -0.0341. The number of benzene rings is 1. The second-order valence-electron chi connectivity index (χ2n) is 9.03. The van der Waals surface area contributed by atoms with Crippen molar-refractivity contribution in [3.8, 4) is 5.88 Å². The van der Waals surface area contributed by atoms with Crippen LogP contribution < -0.4 is 20.3 Å². The van der Waals surface area contributed by atoms with Crippen molar-refractivity contribution in [1.29, 1.82) is 0 Å². The third kappa shape index (κ3) is 6.17. The Morgan fingerprint density at radius 3 is 2.61 bits per heavy atom. The number of anilines is 5. The van der Waals surface area contributed by atoms with Crippen molar-refractivity contribution in [2.75, 3.05) is 55.9 Å². The van der Waals surface area contributed by atoms with Crippen molar-refractivity contribution in [1.82, 2.24) is 19.9 Å². The lowest BCUT2D eigenvalue weighted by atomic mass is 10.0. The molecule has 1 aromatic carbocycles. The highest BCUT2D eigenvalue weighted by Crippen LogP contribution is 2.28. The lowest BCUT2D eigenvalue weighted by Gasteiger charge is -2.33. The van der Waals surface area contributed by atoms with Crippen LogP contribution in [0.15, 0.2) is 49.2 Å². The highest BCUT2D eigenvalue weighted by atomic mass is 16.5. The van der Waals surface area contributed by atoms with Gasteiger partial charge in [-0.3, -0.25) is 4.79 Å². The predicted octanol–water partition coefficient (Wildman–Crippen LogP) is 4.03. The highest BCUT2D eigenvalue weighted by Gasteiger charge is 2.17. The third-order valence-electron chi connectivity index (χ3n) is 6.16. The number of hydrogen-bond acceptors (Lipinski definition) is 9. The van der Waals surface area contributed by atoms with E-state index in [-0.39, 0.29) is 12.2 Å². The zero-order chi connectivity index (χ0) is 25.7. The van der Waals surface area contributed by atoms with Gasteiger partial charge in [0.2, 0.25) is 11.8 Å². The summed E-state index contributed by atoms with van der Waals surface area (Å²) in [6, 6.07) is 9.79. The Morgan fingerprint density at radius 2 is 1.89 bits per heavy atom. The standard InChI is InChI=1S/C27H33N7O2/c1-6-22(35)14-20-13-18(2)7-8-23(20)30-26-19(3)17-28-27(32-26)29-21-15-24(31-25(16-21)36-5)34-11-9-33(4)10-12-34/h6-8,13,15-17H,1,9-12,14H2,2-5H3,(H2,28,29,30,31,32). The number of carbonyl (C=O) groups is 1. The molecular weight excluding hydrogens is 454 g/mol. The van der Waals surface area contributed by atoms with Crippen molar-refractivity contribution < 1.29 is 9.53 Å². The highest BCUT2D eigenvalue weighted by molar-refractivity contribution is 5.92.